The summed E-state index contributed by atoms with van der Waals surface area (Å²) in [5.74, 6) is -1.04. The van der Waals surface area contributed by atoms with Crippen molar-refractivity contribution in [3.05, 3.63) is 65.2 Å². The molecular formula is C15H14ClNO3S. The van der Waals surface area contributed by atoms with E-state index in [-0.39, 0.29) is 6.42 Å². The molecule has 0 fully saturated rings. The molecule has 0 aromatic heterocycles. The molecular weight excluding hydrogens is 310 g/mol. The number of rotatable bonds is 6. The molecule has 0 saturated carbocycles. The molecule has 0 saturated heterocycles. The van der Waals surface area contributed by atoms with Crippen LogP contribution in [0.4, 0.5) is 0 Å². The first-order chi connectivity index (χ1) is 10.1. The van der Waals surface area contributed by atoms with E-state index < -0.39 is 23.4 Å². The molecule has 2 N–H and O–H groups in total. The lowest BCUT2D eigenvalue weighted by Gasteiger charge is -2.16. The van der Waals surface area contributed by atoms with Gasteiger partial charge in [0.05, 0.1) is 11.4 Å². The number of carboxylic acid groups (broad SMARTS) is 1. The summed E-state index contributed by atoms with van der Waals surface area (Å²) < 4.78 is 14.8. The molecule has 0 amide bonds. The number of hydrogen-bond acceptors (Lipinski definition) is 3. The van der Waals surface area contributed by atoms with E-state index in [9.17, 15) is 14.5 Å². The van der Waals surface area contributed by atoms with Crippen molar-refractivity contribution in [3.8, 4) is 0 Å². The highest BCUT2D eigenvalue weighted by Gasteiger charge is 2.25. The highest BCUT2D eigenvalue weighted by Crippen LogP contribution is 2.15. The lowest BCUT2D eigenvalue weighted by molar-refractivity contribution is -0.138. The summed E-state index contributed by atoms with van der Waals surface area (Å²) in [4.78, 5) is 11.8. The quantitative estimate of drug-likeness (QED) is 0.802. The maximum atomic E-state index is 12.2. The molecule has 1 unspecified atom stereocenters. The van der Waals surface area contributed by atoms with Crippen molar-refractivity contribution in [2.24, 2.45) is 0 Å². The Morgan fingerprint density at radius 1 is 1.19 bits per heavy atom. The van der Waals surface area contributed by atoms with Crippen LogP contribution in [0.25, 0.3) is 0 Å². The number of carboxylic acids is 1. The van der Waals surface area contributed by atoms with Gasteiger partial charge in [-0.1, -0.05) is 41.9 Å². The third kappa shape index (κ3) is 4.75. The Morgan fingerprint density at radius 2 is 1.81 bits per heavy atom. The fourth-order valence-electron chi connectivity index (χ4n) is 1.78. The lowest BCUT2D eigenvalue weighted by Crippen LogP contribution is -2.42. The second kappa shape index (κ2) is 7.47. The Labute approximate surface area is 131 Å². The highest BCUT2D eigenvalue weighted by molar-refractivity contribution is 7.89. The van der Waals surface area contributed by atoms with Crippen molar-refractivity contribution < 1.29 is 14.5 Å². The third-order valence-corrected chi connectivity index (χ3v) is 4.31. The summed E-state index contributed by atoms with van der Waals surface area (Å²) >= 11 is 4.16. The maximum Gasteiger partial charge on any atom is 0.325 e. The van der Waals surface area contributed by atoms with Crippen molar-refractivity contribution in [3.63, 3.8) is 0 Å². The smallest absolute Gasteiger partial charge is 0.325 e. The summed E-state index contributed by atoms with van der Waals surface area (Å²) in [6.45, 7) is 0. The standard InChI is InChI=1S/C15H14ClNO3S/c16-12-6-8-13(9-7-12)21(20)17-14(15(18)19)10-11-4-2-1-3-5-11/h1-9,14,17H,10H2,(H,18,19)/t14-,21?/m1/s1. The van der Waals surface area contributed by atoms with E-state index >= 15 is 0 Å². The van der Waals surface area contributed by atoms with Gasteiger partial charge >= 0.3 is 5.97 Å². The topological polar surface area (TPSA) is 72.4 Å². The van der Waals surface area contributed by atoms with Crippen molar-refractivity contribution in [2.75, 3.05) is 0 Å². The van der Waals surface area contributed by atoms with Gasteiger partial charge in [0.25, 0.3) is 0 Å². The molecule has 4 nitrogen and oxygen atoms in total. The minimum atomic E-state index is -1.61. The first-order valence-corrected chi connectivity index (χ1v) is 7.79. The normalized spacial score (nSPS) is 13.6. The summed E-state index contributed by atoms with van der Waals surface area (Å²) in [6, 6.07) is 14.7. The number of halogens is 1. The Morgan fingerprint density at radius 3 is 2.38 bits per heavy atom. The molecule has 21 heavy (non-hydrogen) atoms. The van der Waals surface area contributed by atoms with Gasteiger partial charge in [-0.05, 0) is 29.8 Å². The maximum absolute atomic E-state index is 12.2. The second-order valence-corrected chi connectivity index (χ2v) is 6.10. The van der Waals surface area contributed by atoms with Gasteiger partial charge in [0.2, 0.25) is 0 Å². The molecule has 0 heterocycles. The highest BCUT2D eigenvalue weighted by atomic mass is 35.5. The van der Waals surface area contributed by atoms with Crippen molar-refractivity contribution >= 4 is 28.9 Å². The monoisotopic (exact) mass is 323 g/mol. The van der Waals surface area contributed by atoms with Crippen molar-refractivity contribution in [2.45, 2.75) is 17.4 Å². The van der Waals surface area contributed by atoms with Crippen LogP contribution >= 0.6 is 11.6 Å². The van der Waals surface area contributed by atoms with Gasteiger partial charge in [0.15, 0.2) is 10.9 Å². The SMILES string of the molecule is O=C(O)[C@@H](Cc1ccccc1)N[S+]([O-])c1ccc(Cl)cc1. The van der Waals surface area contributed by atoms with E-state index in [2.05, 4.69) is 4.72 Å². The van der Waals surface area contributed by atoms with E-state index in [1.54, 1.807) is 24.3 Å². The number of nitrogens with one attached hydrogen (secondary N) is 1. The third-order valence-electron chi connectivity index (χ3n) is 2.86. The Kier molecular flexibility index (Phi) is 5.64. The second-order valence-electron chi connectivity index (χ2n) is 4.42. The number of aliphatic carboxylic acids is 1. The molecule has 0 spiro atoms. The van der Waals surface area contributed by atoms with E-state index in [0.717, 1.165) is 5.56 Å². The molecule has 0 radical (unpaired) electrons. The average molecular weight is 324 g/mol. The molecule has 2 aromatic carbocycles. The molecule has 6 heteroatoms. The van der Waals surface area contributed by atoms with Crippen LogP contribution in [-0.4, -0.2) is 21.7 Å². The van der Waals surface area contributed by atoms with Crippen LogP contribution in [0.3, 0.4) is 0 Å². The Bertz CT molecular complexity index is 592. The van der Waals surface area contributed by atoms with Crippen LogP contribution in [0.5, 0.6) is 0 Å². The van der Waals surface area contributed by atoms with Crippen LogP contribution in [0, 0.1) is 0 Å². The zero-order chi connectivity index (χ0) is 15.2. The van der Waals surface area contributed by atoms with Gasteiger partial charge in [-0.3, -0.25) is 4.79 Å². The first-order valence-electron chi connectivity index (χ1n) is 6.26. The predicted octanol–water partition coefficient (Wildman–Crippen LogP) is 2.65. The first kappa shape index (κ1) is 15.9. The average Bonchev–Trinajstić information content (AvgIpc) is 2.48. The van der Waals surface area contributed by atoms with Crippen LogP contribution < -0.4 is 4.72 Å². The van der Waals surface area contributed by atoms with Gasteiger partial charge in [0, 0.05) is 11.4 Å². The van der Waals surface area contributed by atoms with Crippen LogP contribution in [-0.2, 0) is 22.6 Å². The number of hydrogen-bond donors (Lipinski definition) is 2. The van der Waals surface area contributed by atoms with Gasteiger partial charge in [-0.25, -0.2) is 0 Å². The lowest BCUT2D eigenvalue weighted by atomic mass is 10.1. The number of carbonyl (C=O) groups is 1. The Hall–Kier alpha value is -1.53. The minimum Gasteiger partial charge on any atom is -0.593 e. The molecule has 2 aromatic rings. The minimum absolute atomic E-state index is 0.259. The summed E-state index contributed by atoms with van der Waals surface area (Å²) in [6.07, 6.45) is 0.259. The van der Waals surface area contributed by atoms with Crippen LogP contribution in [0.2, 0.25) is 5.02 Å². The molecule has 0 aliphatic heterocycles. The number of benzene rings is 2. The van der Waals surface area contributed by atoms with Crippen LogP contribution in [0.15, 0.2) is 59.5 Å². The molecule has 2 rings (SSSR count). The summed E-state index contributed by atoms with van der Waals surface area (Å²) in [5, 5.41) is 9.79. The zero-order valence-corrected chi connectivity index (χ0v) is 12.6. The Balaban J connectivity index is 2.05. The predicted molar refractivity (Wildman–Crippen MR) is 82.6 cm³/mol. The fourth-order valence-corrected chi connectivity index (χ4v) is 2.87. The van der Waals surface area contributed by atoms with Crippen molar-refractivity contribution in [1.29, 1.82) is 0 Å². The zero-order valence-electron chi connectivity index (χ0n) is 11.0. The molecule has 0 aliphatic rings. The van der Waals surface area contributed by atoms with Gasteiger partial charge in [0.1, 0.15) is 0 Å². The summed E-state index contributed by atoms with van der Waals surface area (Å²) in [7, 11) is 0. The fraction of sp³-hybridized carbons (Fsp3) is 0.133. The molecule has 2 atom stereocenters. The van der Waals surface area contributed by atoms with Crippen molar-refractivity contribution in [1.82, 2.24) is 4.72 Å². The largest absolute Gasteiger partial charge is 0.593 e. The summed E-state index contributed by atoms with van der Waals surface area (Å²) in [5.41, 5.74) is 0.866. The van der Waals surface area contributed by atoms with Gasteiger partial charge < -0.3 is 9.66 Å². The van der Waals surface area contributed by atoms with Gasteiger partial charge in [-0.2, -0.15) is 0 Å². The van der Waals surface area contributed by atoms with E-state index in [1.807, 2.05) is 30.3 Å². The molecule has 110 valence electrons. The molecule has 0 bridgehead atoms. The molecule has 0 aliphatic carbocycles. The van der Waals surface area contributed by atoms with E-state index in [1.165, 1.54) is 0 Å². The van der Waals surface area contributed by atoms with Gasteiger partial charge in [-0.15, -0.1) is 4.72 Å². The van der Waals surface area contributed by atoms with E-state index in [0.29, 0.717) is 9.92 Å². The van der Waals surface area contributed by atoms with Crippen LogP contribution in [0.1, 0.15) is 5.56 Å². The van der Waals surface area contributed by atoms with E-state index in [4.69, 9.17) is 11.6 Å².